The van der Waals surface area contributed by atoms with Crippen molar-refractivity contribution in [2.45, 2.75) is 38.8 Å². The summed E-state index contributed by atoms with van der Waals surface area (Å²) in [7, 11) is 0. The third-order valence-corrected chi connectivity index (χ3v) is 5.14. The van der Waals surface area contributed by atoms with Gasteiger partial charge in [0.1, 0.15) is 0 Å². The average molecular weight is 359 g/mol. The normalized spacial score (nSPS) is 20.3. The second-order valence-corrected chi connectivity index (χ2v) is 6.97. The van der Waals surface area contributed by atoms with E-state index in [0.717, 1.165) is 24.1 Å². The first kappa shape index (κ1) is 18.2. The molecule has 0 spiro atoms. The Balaban J connectivity index is 1.58. The van der Waals surface area contributed by atoms with Gasteiger partial charge in [0, 0.05) is 39.1 Å². The molecule has 2 heterocycles. The van der Waals surface area contributed by atoms with E-state index in [1.54, 1.807) is 4.90 Å². The van der Waals surface area contributed by atoms with Gasteiger partial charge in [-0.15, -0.1) is 0 Å². The third kappa shape index (κ3) is 4.33. The molecule has 2 fully saturated rings. The van der Waals surface area contributed by atoms with Crippen LogP contribution in [0.5, 0.6) is 0 Å². The van der Waals surface area contributed by atoms with Gasteiger partial charge in [0.25, 0.3) is 0 Å². The van der Waals surface area contributed by atoms with Crippen LogP contribution in [-0.2, 0) is 22.7 Å². The summed E-state index contributed by atoms with van der Waals surface area (Å²) >= 11 is 0. The van der Waals surface area contributed by atoms with Crippen LogP contribution in [0.2, 0.25) is 0 Å². The molecule has 7 nitrogen and oxygen atoms in total. The Morgan fingerprint density at radius 1 is 1.15 bits per heavy atom. The summed E-state index contributed by atoms with van der Waals surface area (Å²) in [5.41, 5.74) is 2.01. The molecule has 2 aliphatic heterocycles. The van der Waals surface area contributed by atoms with Gasteiger partial charge in [0.15, 0.2) is 0 Å². The largest absolute Gasteiger partial charge is 0.481 e. The number of hydrogen-bond donors (Lipinski definition) is 2. The standard InChI is InChI=1S/C19H25N3O4/c23-17-8-4-9-21(17)12-15-6-2-1-5-14(15)11-20-19(26)22-10-3-7-16(13-22)18(24)25/h1-2,5-6,16H,3-4,7-13H2,(H,20,26)(H,24,25). The number of carboxylic acid groups (broad SMARTS) is 1. The van der Waals surface area contributed by atoms with Crippen LogP contribution in [-0.4, -0.2) is 52.4 Å². The lowest BCUT2D eigenvalue weighted by Crippen LogP contribution is -2.46. The first-order valence-corrected chi connectivity index (χ1v) is 9.14. The number of carbonyl (C=O) groups excluding carboxylic acids is 2. The van der Waals surface area contributed by atoms with Gasteiger partial charge >= 0.3 is 12.0 Å². The van der Waals surface area contributed by atoms with Crippen LogP contribution in [0.15, 0.2) is 24.3 Å². The van der Waals surface area contributed by atoms with Crippen molar-refractivity contribution in [1.82, 2.24) is 15.1 Å². The number of urea groups is 1. The molecule has 0 bridgehead atoms. The molecule has 3 rings (SSSR count). The Labute approximate surface area is 153 Å². The number of rotatable bonds is 5. The van der Waals surface area contributed by atoms with Crippen LogP contribution in [0.3, 0.4) is 0 Å². The zero-order valence-electron chi connectivity index (χ0n) is 14.8. The molecule has 0 saturated carbocycles. The Kier molecular flexibility index (Phi) is 5.75. The third-order valence-electron chi connectivity index (χ3n) is 5.14. The van der Waals surface area contributed by atoms with Gasteiger partial charge < -0.3 is 20.2 Å². The summed E-state index contributed by atoms with van der Waals surface area (Å²) in [6.45, 7) is 2.55. The Hall–Kier alpha value is -2.57. The van der Waals surface area contributed by atoms with Crippen molar-refractivity contribution in [3.8, 4) is 0 Å². The molecule has 2 aliphatic rings. The Morgan fingerprint density at radius 2 is 1.92 bits per heavy atom. The topological polar surface area (TPSA) is 89.9 Å². The summed E-state index contributed by atoms with van der Waals surface area (Å²) in [5.74, 6) is -1.15. The monoisotopic (exact) mass is 359 g/mol. The van der Waals surface area contributed by atoms with Crippen LogP contribution in [0.1, 0.15) is 36.8 Å². The van der Waals surface area contributed by atoms with Crippen molar-refractivity contribution in [3.05, 3.63) is 35.4 Å². The number of amides is 3. The number of piperidine rings is 1. The molecule has 1 atom stereocenters. The maximum Gasteiger partial charge on any atom is 0.317 e. The number of likely N-dealkylation sites (tertiary alicyclic amines) is 2. The number of hydrogen-bond acceptors (Lipinski definition) is 3. The molecule has 26 heavy (non-hydrogen) atoms. The van der Waals surface area contributed by atoms with Crippen molar-refractivity contribution in [2.24, 2.45) is 5.92 Å². The minimum absolute atomic E-state index is 0.178. The van der Waals surface area contributed by atoms with Crippen LogP contribution in [0.4, 0.5) is 4.79 Å². The fourth-order valence-corrected chi connectivity index (χ4v) is 3.61. The quantitative estimate of drug-likeness (QED) is 0.839. The number of carbonyl (C=O) groups is 3. The first-order valence-electron chi connectivity index (χ1n) is 9.14. The van der Waals surface area contributed by atoms with Crippen LogP contribution >= 0.6 is 0 Å². The second kappa shape index (κ2) is 8.21. The predicted molar refractivity (Wildman–Crippen MR) is 95.3 cm³/mol. The minimum Gasteiger partial charge on any atom is -0.481 e. The highest BCUT2D eigenvalue weighted by atomic mass is 16.4. The van der Waals surface area contributed by atoms with E-state index in [9.17, 15) is 14.4 Å². The van der Waals surface area contributed by atoms with Gasteiger partial charge in [-0.2, -0.15) is 0 Å². The van der Waals surface area contributed by atoms with Crippen molar-refractivity contribution >= 4 is 17.9 Å². The highest BCUT2D eigenvalue weighted by Gasteiger charge is 2.28. The molecule has 0 radical (unpaired) electrons. The first-order chi connectivity index (χ1) is 12.5. The summed E-state index contributed by atoms with van der Waals surface area (Å²) < 4.78 is 0. The van der Waals surface area contributed by atoms with Crippen molar-refractivity contribution < 1.29 is 19.5 Å². The molecular formula is C19H25N3O4. The molecule has 2 saturated heterocycles. The summed E-state index contributed by atoms with van der Waals surface area (Å²) in [5, 5.41) is 12.0. The SMILES string of the molecule is O=C(O)C1CCCN(C(=O)NCc2ccccc2CN2CCCC2=O)C1. The molecule has 1 unspecified atom stereocenters. The van der Waals surface area contributed by atoms with Crippen molar-refractivity contribution in [1.29, 1.82) is 0 Å². The van der Waals surface area contributed by atoms with E-state index in [0.29, 0.717) is 38.9 Å². The maximum atomic E-state index is 12.4. The summed E-state index contributed by atoms with van der Waals surface area (Å²) in [6, 6.07) is 7.55. The minimum atomic E-state index is -0.844. The smallest absolute Gasteiger partial charge is 0.317 e. The predicted octanol–water partition coefficient (Wildman–Crippen LogP) is 1.82. The molecule has 140 valence electrons. The lowest BCUT2D eigenvalue weighted by atomic mass is 9.99. The zero-order chi connectivity index (χ0) is 18.5. The number of nitrogens with one attached hydrogen (secondary N) is 1. The van der Waals surface area contributed by atoms with Crippen molar-refractivity contribution in [3.63, 3.8) is 0 Å². The molecule has 3 amide bonds. The molecule has 7 heteroatoms. The molecular weight excluding hydrogens is 334 g/mol. The molecule has 1 aromatic rings. The number of benzene rings is 1. The lowest BCUT2D eigenvalue weighted by Gasteiger charge is -2.30. The van der Waals surface area contributed by atoms with Gasteiger partial charge in [-0.1, -0.05) is 24.3 Å². The maximum absolute atomic E-state index is 12.4. The number of carboxylic acids is 1. The van der Waals surface area contributed by atoms with E-state index in [1.807, 2.05) is 29.2 Å². The van der Waals surface area contributed by atoms with Gasteiger partial charge in [-0.3, -0.25) is 9.59 Å². The van der Waals surface area contributed by atoms with Gasteiger partial charge in [-0.05, 0) is 30.4 Å². The molecule has 0 aromatic heterocycles. The highest BCUT2D eigenvalue weighted by Crippen LogP contribution is 2.18. The van der Waals surface area contributed by atoms with Crippen LogP contribution in [0.25, 0.3) is 0 Å². The van der Waals surface area contributed by atoms with E-state index in [-0.39, 0.29) is 18.5 Å². The average Bonchev–Trinajstić information content (AvgIpc) is 3.05. The highest BCUT2D eigenvalue weighted by molar-refractivity contribution is 5.78. The number of aliphatic carboxylic acids is 1. The molecule has 1 aromatic carbocycles. The lowest BCUT2D eigenvalue weighted by molar-refractivity contribution is -0.143. The fraction of sp³-hybridized carbons (Fsp3) is 0.526. The van der Waals surface area contributed by atoms with Crippen molar-refractivity contribution in [2.75, 3.05) is 19.6 Å². The fourth-order valence-electron chi connectivity index (χ4n) is 3.61. The van der Waals surface area contributed by atoms with E-state index < -0.39 is 11.9 Å². The summed E-state index contributed by atoms with van der Waals surface area (Å²) in [6.07, 6.45) is 2.83. The van der Waals surface area contributed by atoms with Crippen LogP contribution in [0, 0.1) is 5.92 Å². The van der Waals surface area contributed by atoms with Gasteiger partial charge in [0.05, 0.1) is 5.92 Å². The van der Waals surface area contributed by atoms with E-state index in [1.165, 1.54) is 0 Å². The van der Waals surface area contributed by atoms with E-state index >= 15 is 0 Å². The van der Waals surface area contributed by atoms with Gasteiger partial charge in [-0.25, -0.2) is 4.79 Å². The molecule has 0 aliphatic carbocycles. The zero-order valence-corrected chi connectivity index (χ0v) is 14.8. The van der Waals surface area contributed by atoms with Gasteiger partial charge in [0.2, 0.25) is 5.91 Å². The van der Waals surface area contributed by atoms with Crippen LogP contribution < -0.4 is 5.32 Å². The number of nitrogens with zero attached hydrogens (tertiary/aromatic N) is 2. The van der Waals surface area contributed by atoms with E-state index in [2.05, 4.69) is 5.32 Å². The summed E-state index contributed by atoms with van der Waals surface area (Å²) in [4.78, 5) is 38.8. The second-order valence-electron chi connectivity index (χ2n) is 6.97. The molecule has 2 N–H and O–H groups in total. The van der Waals surface area contributed by atoms with E-state index in [4.69, 9.17) is 5.11 Å². The Bertz CT molecular complexity index is 691. The Morgan fingerprint density at radius 3 is 2.62 bits per heavy atom.